The molecule has 1 N–H and O–H groups in total. The van der Waals surface area contributed by atoms with Gasteiger partial charge in [-0.2, -0.15) is 0 Å². The second-order valence-electron chi connectivity index (χ2n) is 7.69. The van der Waals surface area contributed by atoms with Crippen LogP contribution >= 0.6 is 0 Å². The van der Waals surface area contributed by atoms with Crippen LogP contribution in [0.3, 0.4) is 0 Å². The lowest BCUT2D eigenvalue weighted by Gasteiger charge is -2.35. The molecule has 1 aromatic carbocycles. The number of unbranched alkanes of at least 4 members (excludes halogenated alkanes) is 1. The highest BCUT2D eigenvalue weighted by Gasteiger charge is 2.23. The van der Waals surface area contributed by atoms with Crippen LogP contribution in [0.15, 0.2) is 24.3 Å². The van der Waals surface area contributed by atoms with E-state index in [-0.39, 0.29) is 24.0 Å². The van der Waals surface area contributed by atoms with Crippen molar-refractivity contribution in [3.63, 3.8) is 0 Å². The van der Waals surface area contributed by atoms with Crippen molar-refractivity contribution in [3.8, 4) is 0 Å². The molecule has 0 aromatic heterocycles. The van der Waals surface area contributed by atoms with Crippen molar-refractivity contribution in [1.82, 2.24) is 10.2 Å². The average Bonchev–Trinajstić information content (AvgIpc) is 2.60. The van der Waals surface area contributed by atoms with Crippen LogP contribution in [-0.2, 0) is 22.6 Å². The number of hydrogen-bond donors (Lipinski definition) is 1. The summed E-state index contributed by atoms with van der Waals surface area (Å²) in [6.45, 7) is 12.0. The van der Waals surface area contributed by atoms with Crippen LogP contribution in [0.1, 0.15) is 64.5 Å². The highest BCUT2D eigenvalue weighted by atomic mass is 16.5. The number of nitrogens with zero attached hydrogens (tertiary/aromatic N) is 1. The number of morpholine rings is 1. The molecule has 26 heavy (non-hydrogen) atoms. The summed E-state index contributed by atoms with van der Waals surface area (Å²) in [6.07, 6.45) is 4.71. The third-order valence-corrected chi connectivity index (χ3v) is 5.23. The first-order valence-corrected chi connectivity index (χ1v) is 10.3. The van der Waals surface area contributed by atoms with Crippen molar-refractivity contribution in [1.29, 1.82) is 0 Å². The van der Waals surface area contributed by atoms with Gasteiger partial charge in [0.05, 0.1) is 12.2 Å². The van der Waals surface area contributed by atoms with Gasteiger partial charge < -0.3 is 10.1 Å². The van der Waals surface area contributed by atoms with Gasteiger partial charge >= 0.3 is 0 Å². The van der Waals surface area contributed by atoms with Crippen LogP contribution < -0.4 is 5.32 Å². The molecular weight excluding hydrogens is 324 g/mol. The molecule has 1 aromatic rings. The van der Waals surface area contributed by atoms with Crippen molar-refractivity contribution in [2.24, 2.45) is 5.92 Å². The zero-order valence-corrected chi connectivity index (χ0v) is 17.0. The molecular formula is C22H36N2O2. The summed E-state index contributed by atoms with van der Waals surface area (Å²) in [5.74, 6) is 0.340. The molecule has 0 radical (unpaired) electrons. The summed E-state index contributed by atoms with van der Waals surface area (Å²) in [5.41, 5.74) is 2.52. The molecule has 1 aliphatic rings. The van der Waals surface area contributed by atoms with Gasteiger partial charge in [0, 0.05) is 32.1 Å². The summed E-state index contributed by atoms with van der Waals surface area (Å²) in [6, 6.07) is 8.46. The number of carbonyl (C=O) groups excluding carboxylic acids is 1. The van der Waals surface area contributed by atoms with Gasteiger partial charge in [0.25, 0.3) is 0 Å². The second kappa shape index (κ2) is 10.7. The highest BCUT2D eigenvalue weighted by Crippen LogP contribution is 2.18. The fourth-order valence-corrected chi connectivity index (χ4v) is 3.84. The largest absolute Gasteiger partial charge is 0.373 e. The van der Waals surface area contributed by atoms with Gasteiger partial charge in [-0.1, -0.05) is 51.0 Å². The number of amides is 1. The Kier molecular flexibility index (Phi) is 8.60. The molecule has 1 aliphatic heterocycles. The lowest BCUT2D eigenvalue weighted by molar-refractivity contribution is -0.125. The van der Waals surface area contributed by atoms with Crippen LogP contribution in [0, 0.1) is 5.92 Å². The molecule has 1 saturated heterocycles. The van der Waals surface area contributed by atoms with Crippen LogP contribution in [0.25, 0.3) is 0 Å². The van der Waals surface area contributed by atoms with E-state index in [2.05, 4.69) is 62.2 Å². The Labute approximate surface area is 159 Å². The Hall–Kier alpha value is -1.39. The van der Waals surface area contributed by atoms with Gasteiger partial charge in [-0.05, 0) is 37.8 Å². The van der Waals surface area contributed by atoms with E-state index in [4.69, 9.17) is 4.74 Å². The molecule has 1 amide bonds. The Bertz CT molecular complexity index is 551. The zero-order valence-electron chi connectivity index (χ0n) is 17.0. The predicted octanol–water partition coefficient (Wildman–Crippen LogP) is 4.13. The Morgan fingerprint density at radius 1 is 1.19 bits per heavy atom. The van der Waals surface area contributed by atoms with E-state index in [1.54, 1.807) is 0 Å². The fraction of sp³-hybridized carbons (Fsp3) is 0.682. The van der Waals surface area contributed by atoms with Gasteiger partial charge in [0.15, 0.2) is 0 Å². The fourth-order valence-electron chi connectivity index (χ4n) is 3.84. The smallest absolute Gasteiger partial charge is 0.223 e. The Balaban J connectivity index is 1.94. The standard InChI is InChI=1S/C22H36N2O2/c1-5-7-10-19(6-2)22(25)23-13-20-11-8-9-12-21(20)16-24-14-17(3)26-18(4)15-24/h8-9,11-12,17-19H,5-7,10,13-16H2,1-4H3,(H,23,25). The molecule has 0 bridgehead atoms. The third-order valence-electron chi connectivity index (χ3n) is 5.23. The summed E-state index contributed by atoms with van der Waals surface area (Å²) in [4.78, 5) is 15.0. The number of carbonyl (C=O) groups is 1. The SMILES string of the molecule is CCCCC(CC)C(=O)NCc1ccccc1CN1CC(C)OC(C)C1. The third kappa shape index (κ3) is 6.40. The van der Waals surface area contributed by atoms with E-state index in [9.17, 15) is 4.79 Å². The summed E-state index contributed by atoms with van der Waals surface area (Å²) in [7, 11) is 0. The number of rotatable bonds is 9. The first-order valence-electron chi connectivity index (χ1n) is 10.3. The van der Waals surface area contributed by atoms with E-state index in [0.717, 1.165) is 45.3 Å². The number of benzene rings is 1. The molecule has 4 heteroatoms. The van der Waals surface area contributed by atoms with Crippen LogP contribution in [0.5, 0.6) is 0 Å². The van der Waals surface area contributed by atoms with Crippen molar-refractivity contribution in [3.05, 3.63) is 35.4 Å². The van der Waals surface area contributed by atoms with Gasteiger partial charge in [-0.25, -0.2) is 0 Å². The van der Waals surface area contributed by atoms with E-state index in [1.807, 2.05) is 0 Å². The molecule has 2 rings (SSSR count). The second-order valence-corrected chi connectivity index (χ2v) is 7.69. The molecule has 0 saturated carbocycles. The van der Waals surface area contributed by atoms with E-state index in [1.165, 1.54) is 11.1 Å². The van der Waals surface area contributed by atoms with Gasteiger partial charge in [0.1, 0.15) is 0 Å². The Morgan fingerprint density at radius 2 is 1.85 bits per heavy atom. The lowest BCUT2D eigenvalue weighted by atomic mass is 9.98. The van der Waals surface area contributed by atoms with E-state index >= 15 is 0 Å². The summed E-state index contributed by atoms with van der Waals surface area (Å²) >= 11 is 0. The van der Waals surface area contributed by atoms with Crippen molar-refractivity contribution >= 4 is 5.91 Å². The first kappa shape index (κ1) is 20.9. The molecule has 3 unspecified atom stereocenters. The van der Waals surface area contributed by atoms with Gasteiger partial charge in [0.2, 0.25) is 5.91 Å². The van der Waals surface area contributed by atoms with Crippen LogP contribution in [0.2, 0.25) is 0 Å². The normalized spacial score (nSPS) is 22.2. The first-order chi connectivity index (χ1) is 12.5. The van der Waals surface area contributed by atoms with Gasteiger partial charge in [-0.15, -0.1) is 0 Å². The topological polar surface area (TPSA) is 41.6 Å². The molecule has 0 spiro atoms. The number of hydrogen-bond acceptors (Lipinski definition) is 3. The zero-order chi connectivity index (χ0) is 18.9. The number of ether oxygens (including phenoxy) is 1. The molecule has 1 heterocycles. The van der Waals surface area contributed by atoms with Crippen LogP contribution in [0.4, 0.5) is 0 Å². The maximum atomic E-state index is 12.5. The molecule has 0 aliphatic carbocycles. The Morgan fingerprint density at radius 3 is 2.46 bits per heavy atom. The molecule has 1 fully saturated rings. The average molecular weight is 361 g/mol. The van der Waals surface area contributed by atoms with Crippen molar-refractivity contribution in [2.75, 3.05) is 13.1 Å². The highest BCUT2D eigenvalue weighted by molar-refractivity contribution is 5.78. The maximum absolute atomic E-state index is 12.5. The van der Waals surface area contributed by atoms with Crippen molar-refractivity contribution < 1.29 is 9.53 Å². The lowest BCUT2D eigenvalue weighted by Crippen LogP contribution is -2.45. The van der Waals surface area contributed by atoms with Crippen molar-refractivity contribution in [2.45, 2.75) is 78.7 Å². The van der Waals surface area contributed by atoms with E-state index < -0.39 is 0 Å². The minimum absolute atomic E-state index is 0.142. The summed E-state index contributed by atoms with van der Waals surface area (Å²) < 4.78 is 5.84. The minimum atomic E-state index is 0.142. The predicted molar refractivity (Wildman–Crippen MR) is 107 cm³/mol. The van der Waals surface area contributed by atoms with Gasteiger partial charge in [-0.3, -0.25) is 9.69 Å². The monoisotopic (exact) mass is 360 g/mol. The summed E-state index contributed by atoms with van der Waals surface area (Å²) in [5, 5.41) is 3.17. The molecule has 146 valence electrons. The number of nitrogens with one attached hydrogen (secondary N) is 1. The molecule has 4 nitrogen and oxygen atoms in total. The maximum Gasteiger partial charge on any atom is 0.223 e. The minimum Gasteiger partial charge on any atom is -0.373 e. The quantitative estimate of drug-likeness (QED) is 0.720. The molecule has 3 atom stereocenters. The van der Waals surface area contributed by atoms with Crippen LogP contribution in [-0.4, -0.2) is 36.1 Å². The van der Waals surface area contributed by atoms with E-state index in [0.29, 0.717) is 6.54 Å².